The van der Waals surface area contributed by atoms with Crippen molar-refractivity contribution >= 4 is 22.8 Å². The predicted octanol–water partition coefficient (Wildman–Crippen LogP) is 2.05. The number of hydrogen-bond acceptors (Lipinski definition) is 3. The molecule has 0 bridgehead atoms. The molecular weight excluding hydrogens is 208 g/mol. The summed E-state index contributed by atoms with van der Waals surface area (Å²) >= 11 is 0. The zero-order valence-electron chi connectivity index (χ0n) is 8.58. The lowest BCUT2D eigenvalue weighted by Gasteiger charge is -1.96. The fourth-order valence-electron chi connectivity index (χ4n) is 1.57. The zero-order chi connectivity index (χ0) is 11.7. The maximum Gasteiger partial charge on any atom is 0.357 e. The van der Waals surface area contributed by atoms with Crippen LogP contribution in [0.25, 0.3) is 10.9 Å². The average molecular weight is 218 g/mol. The Morgan fingerprint density at radius 3 is 2.75 bits per heavy atom. The van der Waals surface area contributed by atoms with Crippen LogP contribution >= 0.6 is 0 Å². The third kappa shape index (κ3) is 1.50. The quantitative estimate of drug-likeness (QED) is 0.716. The summed E-state index contributed by atoms with van der Waals surface area (Å²) in [6.07, 6.45) is 0. The lowest BCUT2D eigenvalue weighted by Crippen LogP contribution is -2.02. The Kier molecular flexibility index (Phi) is 2.32. The van der Waals surface area contributed by atoms with E-state index in [1.807, 2.05) is 12.1 Å². The normalized spacial score (nSPS) is 11.3. The van der Waals surface area contributed by atoms with E-state index in [4.69, 9.17) is 5.73 Å². The second kappa shape index (κ2) is 3.65. The standard InChI is InChI=1S/C10H10N4O2/c1-14-7-5-3-2-4-6(7)8(15)9(14)12-13-10(11)16/h2-5,15H,1H3,(H2,11,16). The number of carbonyl (C=O) groups excluding carboxylic acids is 1. The summed E-state index contributed by atoms with van der Waals surface area (Å²) in [6, 6.07) is 6.34. The van der Waals surface area contributed by atoms with Gasteiger partial charge in [0.25, 0.3) is 0 Å². The molecule has 0 saturated carbocycles. The Hall–Kier alpha value is -2.37. The van der Waals surface area contributed by atoms with Crippen molar-refractivity contribution in [3.05, 3.63) is 24.3 Å². The van der Waals surface area contributed by atoms with E-state index in [0.29, 0.717) is 5.39 Å². The number of carbonyl (C=O) groups is 1. The molecule has 3 N–H and O–H groups in total. The number of aromatic nitrogens is 1. The Balaban J connectivity index is 2.66. The van der Waals surface area contributed by atoms with Gasteiger partial charge in [-0.15, -0.1) is 5.11 Å². The minimum absolute atomic E-state index is 0.0110. The molecule has 2 amide bonds. The van der Waals surface area contributed by atoms with Crippen LogP contribution in [-0.4, -0.2) is 15.7 Å². The first-order valence-corrected chi connectivity index (χ1v) is 4.59. The maximum atomic E-state index is 10.5. The summed E-state index contributed by atoms with van der Waals surface area (Å²) < 4.78 is 1.64. The maximum absolute atomic E-state index is 10.5. The smallest absolute Gasteiger partial charge is 0.357 e. The minimum Gasteiger partial charge on any atom is -0.504 e. The molecular formula is C10H10N4O2. The highest BCUT2D eigenvalue weighted by Gasteiger charge is 2.13. The van der Waals surface area contributed by atoms with Crippen molar-refractivity contribution in [2.24, 2.45) is 23.0 Å². The Morgan fingerprint density at radius 2 is 2.12 bits per heavy atom. The van der Waals surface area contributed by atoms with Gasteiger partial charge in [-0.1, -0.05) is 17.2 Å². The van der Waals surface area contributed by atoms with Crippen molar-refractivity contribution in [3.8, 4) is 5.75 Å². The third-order valence-electron chi connectivity index (χ3n) is 2.29. The molecule has 1 aromatic heterocycles. The summed E-state index contributed by atoms with van der Waals surface area (Å²) in [6.45, 7) is 0. The number of nitrogens with zero attached hydrogens (tertiary/aromatic N) is 3. The lowest BCUT2D eigenvalue weighted by molar-refractivity contribution is 0.255. The van der Waals surface area contributed by atoms with E-state index in [0.717, 1.165) is 5.52 Å². The average Bonchev–Trinajstić information content (AvgIpc) is 2.50. The first kappa shape index (κ1) is 10.2. The molecule has 2 aromatic rings. The van der Waals surface area contributed by atoms with E-state index >= 15 is 0 Å². The fourth-order valence-corrected chi connectivity index (χ4v) is 1.57. The highest BCUT2D eigenvalue weighted by atomic mass is 16.3. The van der Waals surface area contributed by atoms with Crippen molar-refractivity contribution in [2.45, 2.75) is 0 Å². The van der Waals surface area contributed by atoms with Crippen LogP contribution in [-0.2, 0) is 7.05 Å². The van der Waals surface area contributed by atoms with Crippen LogP contribution in [0.4, 0.5) is 10.6 Å². The second-order valence-electron chi connectivity index (χ2n) is 3.29. The molecule has 6 nitrogen and oxygen atoms in total. The number of aromatic hydroxyl groups is 1. The van der Waals surface area contributed by atoms with Crippen LogP contribution in [0.15, 0.2) is 34.5 Å². The van der Waals surface area contributed by atoms with E-state index in [9.17, 15) is 9.90 Å². The number of nitrogens with two attached hydrogens (primary N) is 1. The molecule has 0 aliphatic rings. The molecule has 0 spiro atoms. The van der Waals surface area contributed by atoms with Crippen LogP contribution < -0.4 is 5.73 Å². The van der Waals surface area contributed by atoms with E-state index < -0.39 is 6.03 Å². The first-order valence-electron chi connectivity index (χ1n) is 4.59. The summed E-state index contributed by atoms with van der Waals surface area (Å²) in [5, 5.41) is 17.3. The lowest BCUT2D eigenvalue weighted by atomic mass is 10.2. The van der Waals surface area contributed by atoms with Gasteiger partial charge in [0.05, 0.1) is 5.52 Å². The van der Waals surface area contributed by atoms with Crippen molar-refractivity contribution in [1.29, 1.82) is 0 Å². The van der Waals surface area contributed by atoms with Gasteiger partial charge in [0.15, 0.2) is 11.6 Å². The fraction of sp³-hybridized carbons (Fsp3) is 0.100. The van der Waals surface area contributed by atoms with Gasteiger partial charge in [0, 0.05) is 12.4 Å². The van der Waals surface area contributed by atoms with Crippen molar-refractivity contribution < 1.29 is 9.90 Å². The first-order chi connectivity index (χ1) is 7.61. The van der Waals surface area contributed by atoms with Crippen LogP contribution in [0.2, 0.25) is 0 Å². The molecule has 0 atom stereocenters. The molecule has 1 aromatic carbocycles. The molecule has 0 unspecified atom stereocenters. The van der Waals surface area contributed by atoms with Gasteiger partial charge in [0.1, 0.15) is 0 Å². The highest BCUT2D eigenvalue weighted by molar-refractivity contribution is 5.92. The number of azo groups is 1. The highest BCUT2D eigenvalue weighted by Crippen LogP contribution is 2.37. The number of primary amides is 1. The van der Waals surface area contributed by atoms with Gasteiger partial charge in [-0.05, 0) is 12.1 Å². The molecule has 82 valence electrons. The zero-order valence-corrected chi connectivity index (χ0v) is 8.58. The number of para-hydroxylation sites is 1. The molecule has 0 aliphatic carbocycles. The van der Waals surface area contributed by atoms with Crippen LogP contribution in [0.1, 0.15) is 0 Å². The van der Waals surface area contributed by atoms with E-state index in [-0.39, 0.29) is 11.6 Å². The topological polar surface area (TPSA) is 93.0 Å². The molecule has 6 heteroatoms. The molecule has 0 radical (unpaired) electrons. The number of hydrogen-bond donors (Lipinski definition) is 2. The van der Waals surface area contributed by atoms with Gasteiger partial charge >= 0.3 is 6.03 Å². The van der Waals surface area contributed by atoms with Crippen molar-refractivity contribution in [1.82, 2.24) is 4.57 Å². The Morgan fingerprint density at radius 1 is 1.44 bits per heavy atom. The molecule has 0 aliphatic heterocycles. The molecule has 1 heterocycles. The number of amides is 2. The number of aryl methyl sites for hydroxylation is 1. The number of urea groups is 1. The summed E-state index contributed by atoms with van der Waals surface area (Å²) in [5.74, 6) is 0.197. The van der Waals surface area contributed by atoms with E-state index in [1.165, 1.54) is 0 Å². The predicted molar refractivity (Wildman–Crippen MR) is 58.7 cm³/mol. The Bertz CT molecular complexity index is 547. The minimum atomic E-state index is -0.898. The van der Waals surface area contributed by atoms with E-state index in [2.05, 4.69) is 10.2 Å². The molecule has 0 fully saturated rings. The number of fused-ring (bicyclic) bond motifs is 1. The SMILES string of the molecule is Cn1c(N=NC(N)=O)c(O)c2ccccc21. The number of rotatable bonds is 1. The van der Waals surface area contributed by atoms with Crippen molar-refractivity contribution in [2.75, 3.05) is 0 Å². The summed E-state index contributed by atoms with van der Waals surface area (Å²) in [4.78, 5) is 10.5. The van der Waals surface area contributed by atoms with Crippen molar-refractivity contribution in [3.63, 3.8) is 0 Å². The second-order valence-corrected chi connectivity index (χ2v) is 3.29. The molecule has 16 heavy (non-hydrogen) atoms. The van der Waals surface area contributed by atoms with Gasteiger partial charge in [0.2, 0.25) is 0 Å². The number of benzene rings is 1. The monoisotopic (exact) mass is 218 g/mol. The van der Waals surface area contributed by atoms with Gasteiger partial charge < -0.3 is 15.4 Å². The van der Waals surface area contributed by atoms with Gasteiger partial charge in [-0.25, -0.2) is 4.79 Å². The van der Waals surface area contributed by atoms with Crippen LogP contribution in [0, 0.1) is 0 Å². The molecule has 2 rings (SSSR count). The van der Waals surface area contributed by atoms with Gasteiger partial charge in [-0.3, -0.25) is 0 Å². The molecule has 0 saturated heterocycles. The third-order valence-corrected chi connectivity index (χ3v) is 2.29. The Labute approximate surface area is 91.0 Å². The largest absolute Gasteiger partial charge is 0.504 e. The van der Waals surface area contributed by atoms with Crippen LogP contribution in [0.5, 0.6) is 5.75 Å². The summed E-state index contributed by atoms with van der Waals surface area (Å²) in [5.41, 5.74) is 5.65. The summed E-state index contributed by atoms with van der Waals surface area (Å²) in [7, 11) is 1.72. The van der Waals surface area contributed by atoms with Gasteiger partial charge in [-0.2, -0.15) is 0 Å². The van der Waals surface area contributed by atoms with E-state index in [1.54, 1.807) is 23.7 Å². The van der Waals surface area contributed by atoms with Crippen LogP contribution in [0.3, 0.4) is 0 Å².